The maximum atomic E-state index is 13.9. The molecule has 0 saturated carbocycles. The molecular weight excluding hydrogens is 385 g/mol. The highest BCUT2D eigenvalue weighted by atomic mass is 19.1. The fraction of sp³-hybridized carbons (Fsp3) is 0.278. The van der Waals surface area contributed by atoms with E-state index in [0.29, 0.717) is 12.8 Å². The van der Waals surface area contributed by atoms with Crippen LogP contribution in [0.3, 0.4) is 0 Å². The molecule has 0 bridgehead atoms. The molecule has 150 valence electrons. The van der Waals surface area contributed by atoms with Crippen LogP contribution in [0, 0.1) is 17.1 Å². The van der Waals surface area contributed by atoms with Crippen molar-refractivity contribution in [3.8, 4) is 17.5 Å². The highest BCUT2D eigenvalue weighted by molar-refractivity contribution is 5.93. The van der Waals surface area contributed by atoms with Crippen LogP contribution >= 0.6 is 0 Å². The predicted molar refractivity (Wildman–Crippen MR) is 96.3 cm³/mol. The quantitative estimate of drug-likeness (QED) is 0.771. The molecular formula is C18H16FN5O5. The third kappa shape index (κ3) is 4.16. The van der Waals surface area contributed by atoms with Crippen LogP contribution in [0.2, 0.25) is 0 Å². The number of amides is 2. The molecule has 1 fully saturated rings. The van der Waals surface area contributed by atoms with Crippen LogP contribution in [-0.4, -0.2) is 51.0 Å². The molecule has 29 heavy (non-hydrogen) atoms. The Morgan fingerprint density at radius 2 is 2.00 bits per heavy atom. The number of halogens is 1. The van der Waals surface area contributed by atoms with Crippen molar-refractivity contribution >= 4 is 12.0 Å². The molecule has 1 aromatic carbocycles. The summed E-state index contributed by atoms with van der Waals surface area (Å²) in [7, 11) is 0. The minimum Gasteiger partial charge on any atom is -0.488 e. The van der Waals surface area contributed by atoms with Gasteiger partial charge in [-0.25, -0.2) is 9.18 Å². The van der Waals surface area contributed by atoms with Crippen molar-refractivity contribution in [1.29, 1.82) is 5.26 Å². The van der Waals surface area contributed by atoms with Gasteiger partial charge in [-0.1, -0.05) is 0 Å². The van der Waals surface area contributed by atoms with E-state index in [1.165, 1.54) is 17.0 Å². The lowest BCUT2D eigenvalue weighted by molar-refractivity contribution is 0.0867. The summed E-state index contributed by atoms with van der Waals surface area (Å²) in [5.41, 5.74) is 4.14. The second-order valence-electron chi connectivity index (χ2n) is 6.33. The molecule has 1 saturated heterocycles. The van der Waals surface area contributed by atoms with E-state index in [0.717, 1.165) is 16.8 Å². The summed E-state index contributed by atoms with van der Waals surface area (Å²) in [5.74, 6) is -1.92. The molecule has 11 heteroatoms. The van der Waals surface area contributed by atoms with Gasteiger partial charge in [0, 0.05) is 32.0 Å². The first-order chi connectivity index (χ1) is 13.8. The van der Waals surface area contributed by atoms with Crippen molar-refractivity contribution < 1.29 is 23.8 Å². The van der Waals surface area contributed by atoms with Crippen LogP contribution in [0.4, 0.5) is 9.18 Å². The molecule has 3 N–H and O–H groups in total. The largest absolute Gasteiger partial charge is 0.488 e. The average Bonchev–Trinajstić information content (AvgIpc) is 2.68. The smallest absolute Gasteiger partial charge is 0.407 e. The van der Waals surface area contributed by atoms with E-state index < -0.39 is 29.5 Å². The summed E-state index contributed by atoms with van der Waals surface area (Å²) in [6.07, 6.45) is -0.712. The molecule has 0 spiro atoms. The first-order valence-electron chi connectivity index (χ1n) is 8.59. The predicted octanol–water partition coefficient (Wildman–Crippen LogP) is 0.863. The Balaban J connectivity index is 1.91. The molecule has 2 heterocycles. The molecule has 3 rings (SSSR count). The zero-order valence-corrected chi connectivity index (χ0v) is 15.0. The van der Waals surface area contributed by atoms with E-state index in [-0.39, 0.29) is 35.8 Å². The first-order valence-corrected chi connectivity index (χ1v) is 8.59. The van der Waals surface area contributed by atoms with E-state index in [4.69, 9.17) is 20.8 Å². The minimum atomic E-state index is -1.03. The Morgan fingerprint density at radius 3 is 2.55 bits per heavy atom. The molecule has 1 aliphatic rings. The Kier molecular flexibility index (Phi) is 5.45. The number of carbonyl (C=O) groups excluding carboxylic acids is 1. The van der Waals surface area contributed by atoms with Gasteiger partial charge in [-0.2, -0.15) is 15.0 Å². The van der Waals surface area contributed by atoms with Gasteiger partial charge in [0.2, 0.25) is 0 Å². The third-order valence-electron chi connectivity index (χ3n) is 4.45. The van der Waals surface area contributed by atoms with Crippen molar-refractivity contribution in [2.75, 3.05) is 13.1 Å². The summed E-state index contributed by atoms with van der Waals surface area (Å²) in [4.78, 5) is 36.5. The molecule has 10 nitrogen and oxygen atoms in total. The third-order valence-corrected chi connectivity index (χ3v) is 4.45. The lowest BCUT2D eigenvalue weighted by Crippen LogP contribution is -2.41. The van der Waals surface area contributed by atoms with Crippen molar-refractivity contribution in [3.05, 3.63) is 51.7 Å². The number of nitriles is 1. The zero-order valence-electron chi connectivity index (χ0n) is 15.0. The number of likely N-dealkylation sites (tertiary alicyclic amines) is 1. The molecule has 0 unspecified atom stereocenters. The van der Waals surface area contributed by atoms with Gasteiger partial charge in [0.15, 0.2) is 11.4 Å². The Hall–Kier alpha value is -3.94. The number of nitrogens with zero attached hydrogens (tertiary/aromatic N) is 4. The van der Waals surface area contributed by atoms with Crippen molar-refractivity contribution in [3.63, 3.8) is 0 Å². The van der Waals surface area contributed by atoms with Crippen LogP contribution in [0.25, 0.3) is 5.69 Å². The monoisotopic (exact) mass is 401 g/mol. The normalized spacial score (nSPS) is 14.3. The van der Waals surface area contributed by atoms with Crippen LogP contribution < -0.4 is 16.0 Å². The van der Waals surface area contributed by atoms with Gasteiger partial charge >= 0.3 is 6.09 Å². The summed E-state index contributed by atoms with van der Waals surface area (Å²) < 4.78 is 20.4. The number of benzene rings is 1. The van der Waals surface area contributed by atoms with Crippen LogP contribution in [0.1, 0.15) is 28.9 Å². The Morgan fingerprint density at radius 1 is 1.31 bits per heavy atom. The highest BCUT2D eigenvalue weighted by Gasteiger charge is 2.26. The second kappa shape index (κ2) is 7.97. The van der Waals surface area contributed by atoms with E-state index in [2.05, 4.69) is 5.10 Å². The van der Waals surface area contributed by atoms with Gasteiger partial charge in [0.25, 0.3) is 11.5 Å². The number of nitrogens with two attached hydrogens (primary N) is 1. The average molecular weight is 401 g/mol. The van der Waals surface area contributed by atoms with Gasteiger partial charge in [-0.15, -0.1) is 0 Å². The van der Waals surface area contributed by atoms with Crippen molar-refractivity contribution in [2.24, 2.45) is 5.73 Å². The molecule has 2 amide bonds. The van der Waals surface area contributed by atoms with E-state index >= 15 is 0 Å². The first kappa shape index (κ1) is 19.8. The van der Waals surface area contributed by atoms with Gasteiger partial charge in [0.05, 0.1) is 17.3 Å². The zero-order chi connectivity index (χ0) is 21.1. The van der Waals surface area contributed by atoms with Gasteiger partial charge in [-0.05, 0) is 12.1 Å². The Labute approximate surface area is 163 Å². The number of rotatable bonds is 4. The second-order valence-corrected chi connectivity index (χ2v) is 6.33. The lowest BCUT2D eigenvalue weighted by atomic mass is 10.1. The number of hydrogen-bond acceptors (Lipinski definition) is 6. The maximum absolute atomic E-state index is 13.9. The van der Waals surface area contributed by atoms with Gasteiger partial charge in [0.1, 0.15) is 18.0 Å². The number of ether oxygens (including phenoxy) is 1. The van der Waals surface area contributed by atoms with E-state index in [1.54, 1.807) is 6.07 Å². The van der Waals surface area contributed by atoms with Crippen molar-refractivity contribution in [1.82, 2.24) is 14.7 Å². The topological polar surface area (TPSA) is 152 Å². The maximum Gasteiger partial charge on any atom is 0.407 e. The van der Waals surface area contributed by atoms with Crippen LogP contribution in [-0.2, 0) is 0 Å². The number of aromatic nitrogens is 2. The van der Waals surface area contributed by atoms with Gasteiger partial charge in [-0.3, -0.25) is 9.59 Å². The fourth-order valence-electron chi connectivity index (χ4n) is 2.96. The SMILES string of the molecule is N#Cc1ccc(-n2nc(C(N)=O)c(OC3CCN(C(=O)O)CC3)cc2=O)cc1F. The Bertz CT molecular complexity index is 1070. The van der Waals surface area contributed by atoms with Crippen LogP contribution in [0.15, 0.2) is 29.1 Å². The summed E-state index contributed by atoms with van der Waals surface area (Å²) in [6, 6.07) is 6.12. The fourth-order valence-corrected chi connectivity index (χ4v) is 2.96. The molecule has 0 aliphatic carbocycles. The van der Waals surface area contributed by atoms with Crippen LogP contribution in [0.5, 0.6) is 5.75 Å². The number of carboxylic acid groups (broad SMARTS) is 1. The molecule has 0 radical (unpaired) electrons. The highest BCUT2D eigenvalue weighted by Crippen LogP contribution is 2.21. The summed E-state index contributed by atoms with van der Waals surface area (Å²) in [5, 5.41) is 21.7. The molecule has 2 aromatic rings. The number of hydrogen-bond donors (Lipinski definition) is 2. The number of piperidine rings is 1. The number of primary amides is 1. The summed E-state index contributed by atoms with van der Waals surface area (Å²) in [6.45, 7) is 0.502. The molecule has 1 aromatic heterocycles. The van der Waals surface area contributed by atoms with Gasteiger partial charge < -0.3 is 20.5 Å². The van der Waals surface area contributed by atoms with E-state index in [9.17, 15) is 18.8 Å². The molecule has 1 aliphatic heterocycles. The van der Waals surface area contributed by atoms with Crippen molar-refractivity contribution in [2.45, 2.75) is 18.9 Å². The molecule has 0 atom stereocenters. The summed E-state index contributed by atoms with van der Waals surface area (Å²) >= 11 is 0. The minimum absolute atomic E-state index is 0.00955. The lowest BCUT2D eigenvalue weighted by Gasteiger charge is -2.30. The van der Waals surface area contributed by atoms with E-state index in [1.807, 2.05) is 0 Å². The standard InChI is InChI=1S/C18H16FN5O5/c19-13-7-11(2-1-10(13)9-20)24-15(25)8-14(16(22-24)17(21)26)29-12-3-5-23(6-4-12)18(27)28/h1-2,7-8,12H,3-6H2,(H2,21,26)(H,27,28). The number of carbonyl (C=O) groups is 2.